The molecule has 0 bridgehead atoms. The molecule has 0 fully saturated rings. The maximum absolute atomic E-state index is 12.5. The number of rotatable bonds is 6. The van der Waals surface area contributed by atoms with E-state index in [1.165, 1.54) is 0 Å². The van der Waals surface area contributed by atoms with Gasteiger partial charge >= 0.3 is 0 Å². The van der Waals surface area contributed by atoms with Crippen LogP contribution in [-0.4, -0.2) is 29.4 Å². The normalized spacial score (nSPS) is 10.4. The molecule has 0 unspecified atom stereocenters. The highest BCUT2D eigenvalue weighted by atomic mass is 79.9. The van der Waals surface area contributed by atoms with E-state index in [-0.39, 0.29) is 17.6 Å². The van der Waals surface area contributed by atoms with E-state index in [9.17, 15) is 14.4 Å². The fourth-order valence-corrected chi connectivity index (χ4v) is 4.76. The molecule has 0 saturated carbocycles. The zero-order valence-electron chi connectivity index (χ0n) is 20.5. The summed E-state index contributed by atoms with van der Waals surface area (Å²) < 4.78 is 7.32. The predicted octanol–water partition coefficient (Wildman–Crippen LogP) is 5.64. The average molecular weight is 670 g/mol. The van der Waals surface area contributed by atoms with E-state index in [0.717, 1.165) is 25.3 Å². The zero-order valence-corrected chi connectivity index (χ0v) is 24.5. The van der Waals surface area contributed by atoms with Crippen molar-refractivity contribution in [2.75, 3.05) is 11.9 Å². The Morgan fingerprint density at radius 2 is 1.62 bits per heavy atom. The minimum Gasteiger partial charge on any atom is -0.483 e. The van der Waals surface area contributed by atoms with Gasteiger partial charge in [-0.1, -0.05) is 46.3 Å². The maximum atomic E-state index is 12.5. The van der Waals surface area contributed by atoms with E-state index in [1.807, 2.05) is 43.3 Å². The molecule has 0 saturated heterocycles. The molecule has 3 amide bonds. The van der Waals surface area contributed by atoms with Gasteiger partial charge < -0.3 is 10.1 Å². The number of benzene rings is 4. The second-order valence-corrected chi connectivity index (χ2v) is 10.5. The first kappa shape index (κ1) is 28.2. The highest BCUT2D eigenvalue weighted by Crippen LogP contribution is 2.34. The van der Waals surface area contributed by atoms with Gasteiger partial charge in [-0.3, -0.25) is 30.6 Å². The van der Waals surface area contributed by atoms with Crippen molar-refractivity contribution in [2.24, 2.45) is 0 Å². The Kier molecular flexibility index (Phi) is 9.28. The molecule has 0 atom stereocenters. The molecule has 0 aliphatic heterocycles. The van der Waals surface area contributed by atoms with Crippen LogP contribution in [0.15, 0.2) is 87.8 Å². The number of fused-ring (bicyclic) bond motifs is 1. The lowest BCUT2D eigenvalue weighted by atomic mass is 10.1. The molecule has 11 heteroatoms. The number of hydrogen-bond donors (Lipinski definition) is 4. The highest BCUT2D eigenvalue weighted by Gasteiger charge is 2.12. The van der Waals surface area contributed by atoms with E-state index in [0.29, 0.717) is 22.6 Å². The number of ether oxygens (including phenoxy) is 1. The van der Waals surface area contributed by atoms with E-state index < -0.39 is 11.8 Å². The lowest BCUT2D eigenvalue weighted by Gasteiger charge is -2.13. The average Bonchev–Trinajstić information content (AvgIpc) is 2.92. The first-order valence-electron chi connectivity index (χ1n) is 11.6. The quantitative estimate of drug-likeness (QED) is 0.156. The van der Waals surface area contributed by atoms with Crippen LogP contribution < -0.4 is 26.2 Å². The van der Waals surface area contributed by atoms with Crippen molar-refractivity contribution in [1.82, 2.24) is 16.2 Å². The second kappa shape index (κ2) is 12.8. The van der Waals surface area contributed by atoms with Gasteiger partial charge in [0.15, 0.2) is 11.7 Å². The van der Waals surface area contributed by atoms with Gasteiger partial charge in [0.1, 0.15) is 5.75 Å². The Morgan fingerprint density at radius 1 is 0.872 bits per heavy atom. The molecular weight excluding hydrogens is 648 g/mol. The van der Waals surface area contributed by atoms with E-state index >= 15 is 0 Å². The molecule has 0 aromatic heterocycles. The summed E-state index contributed by atoms with van der Waals surface area (Å²) >= 11 is 12.0. The fourth-order valence-electron chi connectivity index (χ4n) is 3.61. The number of aryl methyl sites for hydroxylation is 1. The third-order valence-corrected chi connectivity index (χ3v) is 7.09. The number of hydrogen-bond acceptors (Lipinski definition) is 5. The number of amides is 3. The van der Waals surface area contributed by atoms with Crippen LogP contribution in [-0.2, 0) is 4.79 Å². The van der Waals surface area contributed by atoms with Crippen LogP contribution in [0.25, 0.3) is 10.8 Å². The number of anilines is 1. The van der Waals surface area contributed by atoms with Crippen molar-refractivity contribution >= 4 is 83.4 Å². The summed E-state index contributed by atoms with van der Waals surface area (Å²) in [5.41, 5.74) is 7.21. The number of hydrazine groups is 1. The highest BCUT2D eigenvalue weighted by molar-refractivity contribution is 9.11. The molecule has 0 aliphatic rings. The molecule has 0 aliphatic carbocycles. The summed E-state index contributed by atoms with van der Waals surface area (Å²) in [7, 11) is 0. The SMILES string of the molecule is Cc1ccccc1C(=O)Nc1ccc(C(=O)NNC(=S)NC(=O)COc2ccc3cc(Br)ccc3c2Br)cc1. The topological polar surface area (TPSA) is 109 Å². The summed E-state index contributed by atoms with van der Waals surface area (Å²) in [5, 5.41) is 7.10. The van der Waals surface area contributed by atoms with E-state index in [1.54, 1.807) is 42.5 Å². The first-order valence-corrected chi connectivity index (χ1v) is 13.6. The Bertz CT molecular complexity index is 1580. The maximum Gasteiger partial charge on any atom is 0.269 e. The lowest BCUT2D eigenvalue weighted by Crippen LogP contribution is -2.49. The van der Waals surface area contributed by atoms with Crippen LogP contribution in [0.2, 0.25) is 0 Å². The van der Waals surface area contributed by atoms with Crippen molar-refractivity contribution in [2.45, 2.75) is 6.92 Å². The largest absolute Gasteiger partial charge is 0.483 e. The zero-order chi connectivity index (χ0) is 27.9. The van der Waals surface area contributed by atoms with Crippen molar-refractivity contribution < 1.29 is 19.1 Å². The van der Waals surface area contributed by atoms with E-state index in [4.69, 9.17) is 17.0 Å². The van der Waals surface area contributed by atoms with Crippen LogP contribution >= 0.6 is 44.1 Å². The standard InChI is InChI=1S/C28H22Br2N4O4S/c1-16-4-2-3-5-21(16)27(37)31-20-10-6-17(7-11-20)26(36)33-34-28(39)32-24(35)15-38-23-13-8-18-14-19(29)9-12-22(18)25(23)30/h2-14H,15H2,1H3,(H,31,37)(H,33,36)(H2,32,34,35,39). The number of carbonyl (C=O) groups excluding carboxylic acids is 3. The van der Waals surface area contributed by atoms with E-state index in [2.05, 4.69) is 53.3 Å². The lowest BCUT2D eigenvalue weighted by molar-refractivity contribution is -0.121. The van der Waals surface area contributed by atoms with Crippen LogP contribution in [0.4, 0.5) is 5.69 Å². The van der Waals surface area contributed by atoms with Gasteiger partial charge in [-0.05, 0) is 99.9 Å². The third-order valence-electron chi connectivity index (χ3n) is 5.58. The van der Waals surface area contributed by atoms with Crippen molar-refractivity contribution in [1.29, 1.82) is 0 Å². The van der Waals surface area contributed by atoms with Crippen molar-refractivity contribution in [3.05, 3.63) is 104 Å². The molecule has 8 nitrogen and oxygen atoms in total. The van der Waals surface area contributed by atoms with Crippen LogP contribution in [0.3, 0.4) is 0 Å². The van der Waals surface area contributed by atoms with Gasteiger partial charge in [-0.15, -0.1) is 0 Å². The minimum absolute atomic E-state index is 0.0958. The van der Waals surface area contributed by atoms with Crippen molar-refractivity contribution in [3.8, 4) is 5.75 Å². The molecule has 0 spiro atoms. The van der Waals surface area contributed by atoms with Gasteiger partial charge in [-0.25, -0.2) is 0 Å². The number of thiocarbonyl (C=S) groups is 1. The fraction of sp³-hybridized carbons (Fsp3) is 0.0714. The van der Waals surface area contributed by atoms with Gasteiger partial charge in [0.25, 0.3) is 17.7 Å². The Balaban J connectivity index is 1.23. The van der Waals surface area contributed by atoms with Crippen molar-refractivity contribution in [3.63, 3.8) is 0 Å². The van der Waals surface area contributed by atoms with Crippen LogP contribution in [0, 0.1) is 6.92 Å². The predicted molar refractivity (Wildman–Crippen MR) is 162 cm³/mol. The Morgan fingerprint density at radius 3 is 2.36 bits per heavy atom. The summed E-state index contributed by atoms with van der Waals surface area (Å²) in [5.74, 6) is -0.714. The molecule has 4 aromatic rings. The third kappa shape index (κ3) is 7.41. The van der Waals surface area contributed by atoms with Gasteiger partial charge in [0.2, 0.25) is 0 Å². The molecule has 0 heterocycles. The van der Waals surface area contributed by atoms with Crippen LogP contribution in [0.1, 0.15) is 26.3 Å². The smallest absolute Gasteiger partial charge is 0.269 e. The molecule has 39 heavy (non-hydrogen) atoms. The number of halogens is 2. The second-order valence-electron chi connectivity index (χ2n) is 8.33. The summed E-state index contributed by atoms with van der Waals surface area (Å²) in [4.78, 5) is 37.2. The Hall–Kier alpha value is -3.80. The molecule has 4 rings (SSSR count). The monoisotopic (exact) mass is 668 g/mol. The summed E-state index contributed by atoms with van der Waals surface area (Å²) in [6.07, 6.45) is 0. The van der Waals surface area contributed by atoms with Gasteiger partial charge in [0, 0.05) is 21.3 Å². The summed E-state index contributed by atoms with van der Waals surface area (Å²) in [6, 6.07) is 23.1. The molecule has 4 aromatic carbocycles. The first-order chi connectivity index (χ1) is 18.7. The van der Waals surface area contributed by atoms with Gasteiger partial charge in [0.05, 0.1) is 4.47 Å². The molecular formula is C28H22Br2N4O4S. The number of nitrogens with one attached hydrogen (secondary N) is 4. The molecule has 198 valence electrons. The Labute approximate surface area is 246 Å². The minimum atomic E-state index is -0.502. The number of carbonyl (C=O) groups is 3. The molecule has 4 N–H and O–H groups in total. The summed E-state index contributed by atoms with van der Waals surface area (Å²) in [6.45, 7) is 1.57. The molecule has 0 radical (unpaired) electrons. The van der Waals surface area contributed by atoms with Gasteiger partial charge in [-0.2, -0.15) is 0 Å². The van der Waals surface area contributed by atoms with Crippen LogP contribution in [0.5, 0.6) is 5.75 Å².